The third-order valence-corrected chi connectivity index (χ3v) is 5.15. The molecule has 1 aromatic carbocycles. The normalized spacial score (nSPS) is 11.6. The zero-order valence-electron chi connectivity index (χ0n) is 10.8. The zero-order chi connectivity index (χ0) is 13.7. The van der Waals surface area contributed by atoms with Gasteiger partial charge in [0, 0.05) is 11.4 Å². The summed E-state index contributed by atoms with van der Waals surface area (Å²) in [5.74, 6) is 0.0457. The number of thiophene rings is 1. The first-order valence-corrected chi connectivity index (χ1v) is 8.64. The molecule has 19 heavy (non-hydrogen) atoms. The smallest absolute Gasteiger partial charge is 0.215 e. The topological polar surface area (TPSA) is 46.2 Å². The minimum absolute atomic E-state index is 0.0457. The summed E-state index contributed by atoms with van der Waals surface area (Å²) in [6.07, 6.45) is 0.741. The average Bonchev–Trinajstić information content (AvgIpc) is 2.85. The Morgan fingerprint density at radius 2 is 1.95 bits per heavy atom. The molecular formula is C14H17NO2S2. The van der Waals surface area contributed by atoms with E-state index in [1.54, 1.807) is 11.3 Å². The van der Waals surface area contributed by atoms with Gasteiger partial charge in [0.25, 0.3) is 0 Å². The Morgan fingerprint density at radius 1 is 1.16 bits per heavy atom. The van der Waals surface area contributed by atoms with Gasteiger partial charge in [0.15, 0.2) is 0 Å². The van der Waals surface area contributed by atoms with Gasteiger partial charge in [-0.2, -0.15) is 0 Å². The second kappa shape index (κ2) is 6.32. The first-order valence-electron chi connectivity index (χ1n) is 6.11. The fourth-order valence-corrected chi connectivity index (χ4v) is 3.77. The number of nitrogens with one attached hydrogen (secondary N) is 1. The summed E-state index contributed by atoms with van der Waals surface area (Å²) < 4.78 is 26.6. The molecule has 0 atom stereocenters. The molecule has 2 aromatic rings. The number of aryl methyl sites for hydroxylation is 1. The third-order valence-electron chi connectivity index (χ3n) is 2.88. The van der Waals surface area contributed by atoms with E-state index in [4.69, 9.17) is 0 Å². The van der Waals surface area contributed by atoms with Crippen LogP contribution >= 0.6 is 11.3 Å². The standard InChI is InChI=1S/C14H17NO2S2/c1-12-5-2-3-6-13(12)11-19(16,17)15-9-8-14-7-4-10-18-14/h2-7,10,15H,8-9,11H2,1H3. The Bertz CT molecular complexity index is 619. The predicted molar refractivity (Wildman–Crippen MR) is 79.8 cm³/mol. The summed E-state index contributed by atoms with van der Waals surface area (Å²) in [4.78, 5) is 1.19. The van der Waals surface area contributed by atoms with Gasteiger partial charge in [0.2, 0.25) is 10.0 Å². The zero-order valence-corrected chi connectivity index (χ0v) is 12.4. The highest BCUT2D eigenvalue weighted by Crippen LogP contribution is 2.11. The molecule has 1 heterocycles. The summed E-state index contributed by atoms with van der Waals surface area (Å²) in [7, 11) is -3.26. The summed E-state index contributed by atoms with van der Waals surface area (Å²) in [5, 5.41) is 2.00. The highest BCUT2D eigenvalue weighted by Gasteiger charge is 2.12. The largest absolute Gasteiger partial charge is 0.215 e. The molecule has 0 saturated heterocycles. The molecule has 2 rings (SSSR count). The van der Waals surface area contributed by atoms with E-state index in [-0.39, 0.29) is 5.75 Å². The lowest BCUT2D eigenvalue weighted by Crippen LogP contribution is -2.27. The Balaban J connectivity index is 1.90. The van der Waals surface area contributed by atoms with Gasteiger partial charge >= 0.3 is 0 Å². The van der Waals surface area contributed by atoms with Crippen LogP contribution in [0.15, 0.2) is 41.8 Å². The Labute approximate surface area is 118 Å². The molecule has 0 aliphatic carbocycles. The molecule has 0 spiro atoms. The molecule has 0 radical (unpaired) electrons. The van der Waals surface area contributed by atoms with E-state index < -0.39 is 10.0 Å². The minimum atomic E-state index is -3.26. The van der Waals surface area contributed by atoms with Gasteiger partial charge in [-0.1, -0.05) is 30.3 Å². The second-order valence-corrected chi connectivity index (χ2v) is 7.25. The van der Waals surface area contributed by atoms with Crippen molar-refractivity contribution in [1.82, 2.24) is 4.72 Å². The van der Waals surface area contributed by atoms with E-state index in [9.17, 15) is 8.42 Å². The first-order chi connectivity index (χ1) is 9.07. The summed E-state index contributed by atoms with van der Waals surface area (Å²) in [5.41, 5.74) is 1.86. The van der Waals surface area contributed by atoms with E-state index in [1.807, 2.05) is 48.7 Å². The van der Waals surface area contributed by atoms with Crippen LogP contribution in [-0.4, -0.2) is 15.0 Å². The summed E-state index contributed by atoms with van der Waals surface area (Å²) in [6, 6.07) is 11.5. The van der Waals surface area contributed by atoms with Crippen LogP contribution in [0, 0.1) is 6.92 Å². The van der Waals surface area contributed by atoms with E-state index in [0.717, 1.165) is 17.5 Å². The summed E-state index contributed by atoms with van der Waals surface area (Å²) >= 11 is 1.65. The molecule has 102 valence electrons. The lowest BCUT2D eigenvalue weighted by molar-refractivity contribution is 0.581. The Kier molecular flexibility index (Phi) is 4.74. The van der Waals surface area contributed by atoms with Crippen molar-refractivity contribution >= 4 is 21.4 Å². The number of sulfonamides is 1. The van der Waals surface area contributed by atoms with Gasteiger partial charge in [-0.05, 0) is 35.9 Å². The van der Waals surface area contributed by atoms with Gasteiger partial charge in [0.1, 0.15) is 0 Å². The maximum Gasteiger partial charge on any atom is 0.215 e. The third kappa shape index (κ3) is 4.45. The molecule has 0 amide bonds. The van der Waals surface area contributed by atoms with Crippen molar-refractivity contribution < 1.29 is 8.42 Å². The highest BCUT2D eigenvalue weighted by atomic mass is 32.2. The van der Waals surface area contributed by atoms with Crippen LogP contribution in [0.5, 0.6) is 0 Å². The van der Waals surface area contributed by atoms with Gasteiger partial charge in [-0.15, -0.1) is 11.3 Å². The summed E-state index contributed by atoms with van der Waals surface area (Å²) in [6.45, 7) is 2.38. The van der Waals surface area contributed by atoms with Gasteiger partial charge in [0.05, 0.1) is 5.75 Å². The lowest BCUT2D eigenvalue weighted by Gasteiger charge is -2.08. The van der Waals surface area contributed by atoms with Crippen LogP contribution in [0.3, 0.4) is 0 Å². The monoisotopic (exact) mass is 295 g/mol. The maximum absolute atomic E-state index is 12.0. The number of hydrogen-bond donors (Lipinski definition) is 1. The number of rotatable bonds is 6. The average molecular weight is 295 g/mol. The number of hydrogen-bond acceptors (Lipinski definition) is 3. The maximum atomic E-state index is 12.0. The molecule has 1 N–H and O–H groups in total. The van der Waals surface area contributed by atoms with E-state index >= 15 is 0 Å². The van der Waals surface area contributed by atoms with E-state index in [2.05, 4.69) is 4.72 Å². The van der Waals surface area contributed by atoms with Crippen LogP contribution < -0.4 is 4.72 Å². The van der Waals surface area contributed by atoms with Gasteiger partial charge in [-0.25, -0.2) is 13.1 Å². The minimum Gasteiger partial charge on any atom is -0.215 e. The molecule has 0 saturated carbocycles. The molecule has 1 aromatic heterocycles. The molecule has 0 aliphatic heterocycles. The lowest BCUT2D eigenvalue weighted by atomic mass is 10.1. The van der Waals surface area contributed by atoms with Crippen LogP contribution in [0.1, 0.15) is 16.0 Å². The van der Waals surface area contributed by atoms with E-state index in [1.165, 1.54) is 4.88 Å². The van der Waals surface area contributed by atoms with Crippen LogP contribution in [-0.2, 0) is 22.2 Å². The van der Waals surface area contributed by atoms with Crippen molar-refractivity contribution in [3.8, 4) is 0 Å². The van der Waals surface area contributed by atoms with Crippen LogP contribution in [0.4, 0.5) is 0 Å². The van der Waals surface area contributed by atoms with Crippen molar-refractivity contribution in [2.75, 3.05) is 6.54 Å². The molecule has 3 nitrogen and oxygen atoms in total. The molecular weight excluding hydrogens is 278 g/mol. The molecule has 0 aliphatic rings. The van der Waals surface area contributed by atoms with Crippen LogP contribution in [0.25, 0.3) is 0 Å². The number of benzene rings is 1. The Hall–Kier alpha value is -1.17. The van der Waals surface area contributed by atoms with E-state index in [0.29, 0.717) is 6.54 Å². The molecule has 5 heteroatoms. The quantitative estimate of drug-likeness (QED) is 0.890. The van der Waals surface area contributed by atoms with Gasteiger partial charge in [-0.3, -0.25) is 0 Å². The first kappa shape index (κ1) is 14.2. The van der Waals surface area contributed by atoms with Crippen molar-refractivity contribution in [3.63, 3.8) is 0 Å². The molecule has 0 fully saturated rings. The van der Waals surface area contributed by atoms with Crippen molar-refractivity contribution in [1.29, 1.82) is 0 Å². The van der Waals surface area contributed by atoms with Crippen molar-refractivity contribution in [2.24, 2.45) is 0 Å². The fraction of sp³-hybridized carbons (Fsp3) is 0.286. The van der Waals surface area contributed by atoms with Crippen molar-refractivity contribution in [2.45, 2.75) is 19.1 Å². The Morgan fingerprint density at radius 3 is 2.63 bits per heavy atom. The van der Waals surface area contributed by atoms with Crippen molar-refractivity contribution in [3.05, 3.63) is 57.8 Å². The SMILES string of the molecule is Cc1ccccc1CS(=O)(=O)NCCc1cccs1. The highest BCUT2D eigenvalue weighted by molar-refractivity contribution is 7.88. The molecule has 0 unspecified atom stereocenters. The molecule has 0 bridgehead atoms. The predicted octanol–water partition coefficient (Wildman–Crippen LogP) is 2.72. The van der Waals surface area contributed by atoms with Crippen LogP contribution in [0.2, 0.25) is 0 Å². The second-order valence-electron chi connectivity index (χ2n) is 4.41. The van der Waals surface area contributed by atoms with Gasteiger partial charge < -0.3 is 0 Å². The fourth-order valence-electron chi connectivity index (χ4n) is 1.81.